The van der Waals surface area contributed by atoms with Gasteiger partial charge < -0.3 is 10.5 Å². The molecule has 5 nitrogen and oxygen atoms in total. The van der Waals surface area contributed by atoms with E-state index in [2.05, 4.69) is 9.98 Å². The number of hydrogen-bond acceptors (Lipinski definition) is 6. The monoisotopic (exact) mass is 468 g/mol. The Bertz CT molecular complexity index is 1060. The minimum Gasteiger partial charge on any atom is -0.379 e. The summed E-state index contributed by atoms with van der Waals surface area (Å²) in [4.78, 5) is 7.95. The van der Waals surface area contributed by atoms with E-state index in [9.17, 15) is 22.0 Å². The molecule has 168 valence electrons. The number of aliphatic imine (C=N–C) groups is 1. The van der Waals surface area contributed by atoms with Crippen molar-refractivity contribution in [2.24, 2.45) is 10.7 Å². The average Bonchev–Trinajstić information content (AvgIpc) is 2.85. The van der Waals surface area contributed by atoms with Gasteiger partial charge in [0.05, 0.1) is 17.9 Å². The van der Waals surface area contributed by atoms with Crippen molar-refractivity contribution in [2.45, 2.75) is 24.7 Å². The number of hydrogen-bond donors (Lipinski definition) is 1. The third kappa shape index (κ3) is 6.05. The van der Waals surface area contributed by atoms with Crippen molar-refractivity contribution in [2.75, 3.05) is 12.4 Å². The smallest absolute Gasteiger partial charge is 0.379 e. The van der Waals surface area contributed by atoms with Crippen molar-refractivity contribution < 1.29 is 26.7 Å². The first-order chi connectivity index (χ1) is 15.2. The summed E-state index contributed by atoms with van der Waals surface area (Å²) in [5.41, 5.74) is 6.16. The Morgan fingerprint density at radius 3 is 2.72 bits per heavy atom. The van der Waals surface area contributed by atoms with E-state index in [1.807, 2.05) is 6.07 Å². The van der Waals surface area contributed by atoms with E-state index >= 15 is 0 Å². The summed E-state index contributed by atoms with van der Waals surface area (Å²) in [7, 11) is 0. The molecule has 2 N–H and O–H groups in total. The minimum atomic E-state index is -4.58. The quantitative estimate of drug-likeness (QED) is 0.641. The predicted molar refractivity (Wildman–Crippen MR) is 112 cm³/mol. The molecule has 0 spiro atoms. The van der Waals surface area contributed by atoms with Crippen LogP contribution in [0.2, 0.25) is 0 Å². The van der Waals surface area contributed by atoms with E-state index in [-0.39, 0.29) is 39.7 Å². The standard InChI is InChI=1S/C21H17F5N4OS/c22-15-3-1-12(8-16(23)17-4-2-13(9-27)10-29-17)7-14(15)18-11-31-19(21(24,25)26)5-6-32-20(28)30-18/h1-4,7-8,10,18-19H,5-6,11H2,(H2,28,30)/b16-8-/t18-,19-/m1/s1. The molecule has 2 heterocycles. The molecule has 32 heavy (non-hydrogen) atoms. The number of halogens is 5. The van der Waals surface area contributed by atoms with E-state index in [1.54, 1.807) is 0 Å². The van der Waals surface area contributed by atoms with Crippen LogP contribution in [-0.2, 0) is 4.74 Å². The summed E-state index contributed by atoms with van der Waals surface area (Å²) in [5, 5.41) is 8.80. The number of aromatic nitrogens is 1. The number of nitriles is 1. The van der Waals surface area contributed by atoms with Gasteiger partial charge in [0.1, 0.15) is 23.8 Å². The van der Waals surface area contributed by atoms with Crippen molar-refractivity contribution in [3.63, 3.8) is 0 Å². The molecule has 1 aromatic carbocycles. The van der Waals surface area contributed by atoms with E-state index in [0.29, 0.717) is 0 Å². The van der Waals surface area contributed by atoms with Gasteiger partial charge in [0.25, 0.3) is 0 Å². The Kier molecular flexibility index (Phi) is 7.48. The molecule has 2 aromatic rings. The first-order valence-corrected chi connectivity index (χ1v) is 10.3. The van der Waals surface area contributed by atoms with Gasteiger partial charge in [-0.2, -0.15) is 18.4 Å². The Morgan fingerprint density at radius 2 is 2.06 bits per heavy atom. The number of rotatable bonds is 3. The lowest BCUT2D eigenvalue weighted by atomic mass is 10.0. The number of ether oxygens (including phenoxy) is 1. The van der Waals surface area contributed by atoms with Gasteiger partial charge in [-0.3, -0.25) is 9.98 Å². The average molecular weight is 468 g/mol. The molecular weight excluding hydrogens is 451 g/mol. The number of amidine groups is 1. The highest BCUT2D eigenvalue weighted by Gasteiger charge is 2.41. The topological polar surface area (TPSA) is 84.3 Å². The Balaban J connectivity index is 1.91. The number of alkyl halides is 3. The first kappa shape index (κ1) is 23.7. The summed E-state index contributed by atoms with van der Waals surface area (Å²) in [6, 6.07) is 7.08. The zero-order chi connectivity index (χ0) is 23.3. The molecule has 0 amide bonds. The molecule has 0 fully saturated rings. The van der Waals surface area contributed by atoms with Gasteiger partial charge in [-0.15, -0.1) is 0 Å². The van der Waals surface area contributed by atoms with E-state index < -0.39 is 36.6 Å². The van der Waals surface area contributed by atoms with Gasteiger partial charge in [-0.1, -0.05) is 17.8 Å². The third-order valence-corrected chi connectivity index (χ3v) is 5.38. The van der Waals surface area contributed by atoms with Crippen LogP contribution >= 0.6 is 11.8 Å². The molecule has 0 aliphatic carbocycles. The maximum absolute atomic E-state index is 14.6. The molecule has 1 aliphatic heterocycles. The summed E-state index contributed by atoms with van der Waals surface area (Å²) in [6.07, 6.45) is -4.62. The van der Waals surface area contributed by atoms with Crippen LogP contribution in [0.5, 0.6) is 0 Å². The van der Waals surface area contributed by atoms with Gasteiger partial charge in [-0.25, -0.2) is 8.78 Å². The highest BCUT2D eigenvalue weighted by Crippen LogP contribution is 2.32. The molecule has 11 heteroatoms. The minimum absolute atomic E-state index is 0.00901. The molecule has 0 radical (unpaired) electrons. The summed E-state index contributed by atoms with van der Waals surface area (Å²) in [6.45, 7) is -0.546. The Morgan fingerprint density at radius 1 is 1.28 bits per heavy atom. The van der Waals surface area contributed by atoms with Crippen molar-refractivity contribution in [1.29, 1.82) is 5.26 Å². The normalized spacial score (nSPS) is 20.5. The van der Waals surface area contributed by atoms with Crippen LogP contribution in [0.15, 0.2) is 41.5 Å². The number of thioether (sulfide) groups is 1. The van der Waals surface area contributed by atoms with Crippen LogP contribution in [0.4, 0.5) is 22.0 Å². The van der Waals surface area contributed by atoms with Gasteiger partial charge in [-0.05, 0) is 42.3 Å². The van der Waals surface area contributed by atoms with Crippen molar-refractivity contribution in [3.8, 4) is 6.07 Å². The maximum atomic E-state index is 14.6. The van der Waals surface area contributed by atoms with Crippen LogP contribution in [-0.4, -0.2) is 34.8 Å². The van der Waals surface area contributed by atoms with E-state index in [1.165, 1.54) is 30.5 Å². The fourth-order valence-corrected chi connectivity index (χ4v) is 3.68. The Labute approximate surface area is 184 Å². The molecule has 0 unspecified atom stereocenters. The molecule has 1 aromatic heterocycles. The van der Waals surface area contributed by atoms with Crippen molar-refractivity contribution >= 4 is 28.8 Å². The van der Waals surface area contributed by atoms with Gasteiger partial charge in [0.2, 0.25) is 0 Å². The summed E-state index contributed by atoms with van der Waals surface area (Å²) in [5.74, 6) is -1.44. The fraction of sp³-hybridized carbons (Fsp3) is 0.286. The van der Waals surface area contributed by atoms with Gasteiger partial charge in [0.15, 0.2) is 11.3 Å². The molecule has 0 bridgehead atoms. The van der Waals surface area contributed by atoms with Crippen molar-refractivity contribution in [1.82, 2.24) is 4.98 Å². The van der Waals surface area contributed by atoms with Crippen LogP contribution in [0, 0.1) is 17.1 Å². The van der Waals surface area contributed by atoms with Crippen LogP contribution < -0.4 is 5.73 Å². The van der Waals surface area contributed by atoms with Crippen molar-refractivity contribution in [3.05, 3.63) is 64.7 Å². The largest absolute Gasteiger partial charge is 0.414 e. The number of pyridine rings is 1. The zero-order valence-corrected chi connectivity index (χ0v) is 17.3. The molecule has 3 rings (SSSR count). The summed E-state index contributed by atoms with van der Waals surface area (Å²) >= 11 is 0.927. The lowest BCUT2D eigenvalue weighted by Gasteiger charge is -2.22. The molecule has 1 aliphatic rings. The van der Waals surface area contributed by atoms with E-state index in [4.69, 9.17) is 15.7 Å². The molecule has 0 saturated heterocycles. The third-order valence-electron chi connectivity index (χ3n) is 4.54. The molecule has 0 saturated carbocycles. The van der Waals surface area contributed by atoms with Crippen LogP contribution in [0.3, 0.4) is 0 Å². The second-order valence-corrected chi connectivity index (χ2v) is 7.92. The molecular formula is C21H17F5N4OS. The Hall–Kier alpha value is -2.97. The fourth-order valence-electron chi connectivity index (χ4n) is 2.94. The lowest BCUT2D eigenvalue weighted by Crippen LogP contribution is -2.33. The first-order valence-electron chi connectivity index (χ1n) is 9.35. The maximum Gasteiger partial charge on any atom is 0.414 e. The van der Waals surface area contributed by atoms with Gasteiger partial charge in [0, 0.05) is 17.5 Å². The van der Waals surface area contributed by atoms with Gasteiger partial charge >= 0.3 is 6.18 Å². The highest BCUT2D eigenvalue weighted by atomic mass is 32.2. The predicted octanol–water partition coefficient (Wildman–Crippen LogP) is 5.00. The second kappa shape index (κ2) is 10.1. The number of nitrogens with two attached hydrogens (primary N) is 1. The summed E-state index contributed by atoms with van der Waals surface area (Å²) < 4.78 is 73.6. The van der Waals surface area contributed by atoms with Crippen LogP contribution in [0.1, 0.15) is 34.8 Å². The van der Waals surface area contributed by atoms with Crippen LogP contribution in [0.25, 0.3) is 11.9 Å². The zero-order valence-electron chi connectivity index (χ0n) is 16.4. The number of benzene rings is 1. The second-order valence-electron chi connectivity index (χ2n) is 6.80. The van der Waals surface area contributed by atoms with E-state index in [0.717, 1.165) is 23.9 Å². The molecule has 2 atom stereocenters. The lowest BCUT2D eigenvalue weighted by molar-refractivity contribution is -0.221. The number of nitrogens with zero attached hydrogens (tertiary/aromatic N) is 3. The SMILES string of the molecule is N#Cc1ccc(/C(F)=C/c2ccc(F)c([C@H]3CO[C@@H](C(F)(F)F)CCSC(N)=N3)c2)nc1. The highest BCUT2D eigenvalue weighted by molar-refractivity contribution is 8.13.